The molecule has 0 radical (unpaired) electrons. The Bertz CT molecular complexity index is 474. The van der Waals surface area contributed by atoms with Crippen molar-refractivity contribution in [2.24, 2.45) is 5.92 Å². The largest absolute Gasteiger partial charge is 0.493 e. The molecule has 4 nitrogen and oxygen atoms in total. The van der Waals surface area contributed by atoms with Gasteiger partial charge in [-0.3, -0.25) is 4.79 Å². The van der Waals surface area contributed by atoms with Crippen LogP contribution in [0.15, 0.2) is 16.6 Å². The van der Waals surface area contributed by atoms with Crippen molar-refractivity contribution in [2.75, 3.05) is 13.7 Å². The summed E-state index contributed by atoms with van der Waals surface area (Å²) in [4.78, 5) is 12.2. The second-order valence-electron chi connectivity index (χ2n) is 4.93. The second kappa shape index (κ2) is 7.53. The fourth-order valence-electron chi connectivity index (χ4n) is 1.59. The summed E-state index contributed by atoms with van der Waals surface area (Å²) >= 11 is 3.42. The van der Waals surface area contributed by atoms with E-state index in [2.05, 4.69) is 35.1 Å². The molecule has 0 aliphatic carbocycles. The van der Waals surface area contributed by atoms with E-state index in [-0.39, 0.29) is 11.9 Å². The van der Waals surface area contributed by atoms with Crippen molar-refractivity contribution in [2.45, 2.75) is 33.7 Å². The quantitative estimate of drug-likeness (QED) is 0.857. The average molecular weight is 344 g/mol. The molecule has 1 unspecified atom stereocenters. The second-order valence-corrected chi connectivity index (χ2v) is 5.78. The summed E-state index contributed by atoms with van der Waals surface area (Å²) < 4.78 is 11.5. The standard InChI is InChI=1S/C15H22BrNO3/c1-6-20-14-12(16)7-11(8-13(14)19-5)15(18)17-10(4)9(2)3/h7-10H,6H2,1-5H3,(H,17,18). The lowest BCUT2D eigenvalue weighted by molar-refractivity contribution is 0.0930. The van der Waals surface area contributed by atoms with E-state index in [4.69, 9.17) is 9.47 Å². The number of benzene rings is 1. The lowest BCUT2D eigenvalue weighted by Crippen LogP contribution is -2.36. The zero-order valence-electron chi connectivity index (χ0n) is 12.6. The molecule has 0 bridgehead atoms. The fourth-order valence-corrected chi connectivity index (χ4v) is 2.15. The number of carbonyl (C=O) groups excluding carboxylic acids is 1. The lowest BCUT2D eigenvalue weighted by Gasteiger charge is -2.18. The monoisotopic (exact) mass is 343 g/mol. The number of nitrogens with one attached hydrogen (secondary N) is 1. The Morgan fingerprint density at radius 2 is 2.00 bits per heavy atom. The predicted octanol–water partition coefficient (Wildman–Crippen LogP) is 3.63. The zero-order chi connectivity index (χ0) is 15.3. The van der Waals surface area contributed by atoms with E-state index in [1.807, 2.05) is 13.8 Å². The van der Waals surface area contributed by atoms with Gasteiger partial charge in [-0.25, -0.2) is 0 Å². The summed E-state index contributed by atoms with van der Waals surface area (Å²) in [5, 5.41) is 2.97. The molecule has 0 aromatic heterocycles. The topological polar surface area (TPSA) is 47.6 Å². The molecule has 112 valence electrons. The number of hydrogen-bond acceptors (Lipinski definition) is 3. The van der Waals surface area contributed by atoms with Crippen LogP contribution in [0.2, 0.25) is 0 Å². The predicted molar refractivity (Wildman–Crippen MR) is 83.6 cm³/mol. The number of methoxy groups -OCH3 is 1. The molecule has 1 atom stereocenters. The number of ether oxygens (including phenoxy) is 2. The minimum absolute atomic E-state index is 0.110. The molecule has 0 spiro atoms. The number of rotatable bonds is 6. The van der Waals surface area contributed by atoms with Crippen LogP contribution in [0.4, 0.5) is 0 Å². The first-order chi connectivity index (χ1) is 9.40. The molecule has 0 fully saturated rings. The highest BCUT2D eigenvalue weighted by Gasteiger charge is 2.17. The van der Waals surface area contributed by atoms with Crippen LogP contribution in [0.1, 0.15) is 38.1 Å². The van der Waals surface area contributed by atoms with Gasteiger partial charge in [-0.1, -0.05) is 13.8 Å². The van der Waals surface area contributed by atoms with Crippen molar-refractivity contribution in [3.63, 3.8) is 0 Å². The van der Waals surface area contributed by atoms with E-state index < -0.39 is 0 Å². The Morgan fingerprint density at radius 3 is 2.50 bits per heavy atom. The van der Waals surface area contributed by atoms with Crippen LogP contribution in [0, 0.1) is 5.92 Å². The van der Waals surface area contributed by atoms with E-state index in [1.165, 1.54) is 0 Å². The van der Waals surface area contributed by atoms with Crippen LogP contribution in [0.5, 0.6) is 11.5 Å². The maximum Gasteiger partial charge on any atom is 0.251 e. The van der Waals surface area contributed by atoms with E-state index in [9.17, 15) is 4.79 Å². The third kappa shape index (κ3) is 4.13. The molecular weight excluding hydrogens is 322 g/mol. The molecule has 0 aliphatic rings. The summed E-state index contributed by atoms with van der Waals surface area (Å²) in [5.74, 6) is 1.42. The molecule has 1 aromatic carbocycles. The number of halogens is 1. The normalized spacial score (nSPS) is 12.2. The average Bonchev–Trinajstić information content (AvgIpc) is 2.40. The molecule has 0 aliphatic heterocycles. The van der Waals surface area contributed by atoms with Crippen LogP contribution >= 0.6 is 15.9 Å². The lowest BCUT2D eigenvalue weighted by atomic mass is 10.1. The van der Waals surface area contributed by atoms with Crippen LogP contribution in [0.3, 0.4) is 0 Å². The molecule has 1 amide bonds. The third-order valence-electron chi connectivity index (χ3n) is 3.14. The van der Waals surface area contributed by atoms with Gasteiger partial charge in [-0.2, -0.15) is 0 Å². The maximum absolute atomic E-state index is 12.2. The van der Waals surface area contributed by atoms with Gasteiger partial charge in [0.2, 0.25) is 0 Å². The highest BCUT2D eigenvalue weighted by molar-refractivity contribution is 9.10. The maximum atomic E-state index is 12.2. The summed E-state index contributed by atoms with van der Waals surface area (Å²) in [7, 11) is 1.56. The van der Waals surface area contributed by atoms with Crippen molar-refractivity contribution in [3.05, 3.63) is 22.2 Å². The van der Waals surface area contributed by atoms with Crippen molar-refractivity contribution in [1.29, 1.82) is 0 Å². The fraction of sp³-hybridized carbons (Fsp3) is 0.533. The first-order valence-corrected chi connectivity index (χ1v) is 7.51. The molecule has 0 saturated carbocycles. The van der Waals surface area contributed by atoms with Crippen molar-refractivity contribution >= 4 is 21.8 Å². The third-order valence-corrected chi connectivity index (χ3v) is 3.73. The molecule has 0 saturated heterocycles. The number of hydrogen-bond donors (Lipinski definition) is 1. The minimum atomic E-state index is -0.117. The van der Waals surface area contributed by atoms with Gasteiger partial charge in [-0.05, 0) is 47.8 Å². The Morgan fingerprint density at radius 1 is 1.35 bits per heavy atom. The molecule has 1 aromatic rings. The zero-order valence-corrected chi connectivity index (χ0v) is 14.2. The minimum Gasteiger partial charge on any atom is -0.493 e. The van der Waals surface area contributed by atoms with Gasteiger partial charge in [0, 0.05) is 11.6 Å². The van der Waals surface area contributed by atoms with Crippen molar-refractivity contribution < 1.29 is 14.3 Å². The number of amides is 1. The van der Waals surface area contributed by atoms with Crippen LogP contribution in [-0.4, -0.2) is 25.7 Å². The summed E-state index contributed by atoms with van der Waals surface area (Å²) in [6.07, 6.45) is 0. The van der Waals surface area contributed by atoms with E-state index in [1.54, 1.807) is 19.2 Å². The highest BCUT2D eigenvalue weighted by atomic mass is 79.9. The van der Waals surface area contributed by atoms with Crippen molar-refractivity contribution in [1.82, 2.24) is 5.32 Å². The molecule has 1 N–H and O–H groups in total. The summed E-state index contributed by atoms with van der Waals surface area (Å²) in [5.41, 5.74) is 0.546. The van der Waals surface area contributed by atoms with Gasteiger partial charge in [0.1, 0.15) is 0 Å². The first kappa shape index (κ1) is 16.8. The van der Waals surface area contributed by atoms with Crippen LogP contribution < -0.4 is 14.8 Å². The SMILES string of the molecule is CCOc1c(Br)cc(C(=O)NC(C)C(C)C)cc1OC. The molecule has 20 heavy (non-hydrogen) atoms. The van der Waals surface area contributed by atoms with Gasteiger partial charge < -0.3 is 14.8 Å². The molecule has 0 heterocycles. The Kier molecular flexibility index (Phi) is 6.33. The molecule has 5 heteroatoms. The first-order valence-electron chi connectivity index (χ1n) is 6.71. The summed E-state index contributed by atoms with van der Waals surface area (Å²) in [6, 6.07) is 3.55. The Labute approximate surface area is 129 Å². The van der Waals surface area contributed by atoms with Gasteiger partial charge in [0.25, 0.3) is 5.91 Å². The van der Waals surface area contributed by atoms with Crippen LogP contribution in [0.25, 0.3) is 0 Å². The molecular formula is C15H22BrNO3. The van der Waals surface area contributed by atoms with E-state index in [0.717, 1.165) is 0 Å². The smallest absolute Gasteiger partial charge is 0.251 e. The van der Waals surface area contributed by atoms with Gasteiger partial charge in [-0.15, -0.1) is 0 Å². The van der Waals surface area contributed by atoms with Crippen LogP contribution in [-0.2, 0) is 0 Å². The van der Waals surface area contributed by atoms with Gasteiger partial charge in [0.15, 0.2) is 11.5 Å². The van der Waals surface area contributed by atoms with E-state index >= 15 is 0 Å². The van der Waals surface area contributed by atoms with E-state index in [0.29, 0.717) is 34.1 Å². The summed E-state index contributed by atoms with van der Waals surface area (Å²) in [6.45, 7) is 8.56. The highest BCUT2D eigenvalue weighted by Crippen LogP contribution is 2.36. The molecule has 1 rings (SSSR count). The van der Waals surface area contributed by atoms with Gasteiger partial charge >= 0.3 is 0 Å². The van der Waals surface area contributed by atoms with Crippen molar-refractivity contribution in [3.8, 4) is 11.5 Å². The van der Waals surface area contributed by atoms with Gasteiger partial charge in [0.05, 0.1) is 18.2 Å². The Balaban J connectivity index is 3.02. The Hall–Kier alpha value is -1.23. The number of carbonyl (C=O) groups is 1.